The lowest BCUT2D eigenvalue weighted by atomic mass is 10.1. The van der Waals surface area contributed by atoms with Gasteiger partial charge in [0.2, 0.25) is 15.9 Å². The molecule has 0 spiro atoms. The van der Waals surface area contributed by atoms with Gasteiger partial charge in [-0.05, 0) is 56.4 Å². The fourth-order valence-electron chi connectivity index (χ4n) is 3.55. The maximum absolute atomic E-state index is 12.6. The van der Waals surface area contributed by atoms with Crippen LogP contribution in [0.1, 0.15) is 48.9 Å². The van der Waals surface area contributed by atoms with Gasteiger partial charge in [0.05, 0.1) is 11.4 Å². The summed E-state index contributed by atoms with van der Waals surface area (Å²) in [6.07, 6.45) is 5.97. The maximum atomic E-state index is 12.6. The standard InChI is InChI=1S/C19H27N3O4S/c23-18(21-11-3-1-4-12-21)15-20-19(24)16-7-9-17(10-8-16)27(25,26)22-13-5-2-6-14-22/h7-10H,1-6,11-15H2,(H,20,24). The van der Waals surface area contributed by atoms with Crippen molar-refractivity contribution in [2.24, 2.45) is 0 Å². The zero-order chi connectivity index (χ0) is 19.3. The minimum absolute atomic E-state index is 0.0351. The number of nitrogens with one attached hydrogen (secondary N) is 1. The molecule has 2 fully saturated rings. The summed E-state index contributed by atoms with van der Waals surface area (Å²) in [5.41, 5.74) is 0.346. The van der Waals surface area contributed by atoms with E-state index in [2.05, 4.69) is 5.32 Å². The van der Waals surface area contributed by atoms with E-state index in [1.54, 1.807) is 4.90 Å². The van der Waals surface area contributed by atoms with Crippen molar-refractivity contribution in [3.63, 3.8) is 0 Å². The van der Waals surface area contributed by atoms with Gasteiger partial charge in [-0.1, -0.05) is 6.42 Å². The van der Waals surface area contributed by atoms with Crippen molar-refractivity contribution in [3.8, 4) is 0 Å². The Hall–Kier alpha value is -1.93. The topological polar surface area (TPSA) is 86.8 Å². The van der Waals surface area contributed by atoms with E-state index in [9.17, 15) is 18.0 Å². The third kappa shape index (κ3) is 4.87. The van der Waals surface area contributed by atoms with Crippen LogP contribution in [0.3, 0.4) is 0 Å². The molecule has 0 bridgehead atoms. The third-order valence-corrected chi connectivity index (χ3v) is 7.09. The van der Waals surface area contributed by atoms with Crippen molar-refractivity contribution in [1.82, 2.24) is 14.5 Å². The van der Waals surface area contributed by atoms with Crippen LogP contribution in [-0.2, 0) is 14.8 Å². The molecule has 3 rings (SSSR count). The SMILES string of the molecule is O=C(NCC(=O)N1CCCCC1)c1ccc(S(=O)(=O)N2CCCCC2)cc1. The molecule has 0 atom stereocenters. The maximum Gasteiger partial charge on any atom is 0.251 e. The summed E-state index contributed by atoms with van der Waals surface area (Å²) in [7, 11) is -3.50. The molecule has 7 nitrogen and oxygen atoms in total. The second-order valence-electron chi connectivity index (χ2n) is 7.11. The molecule has 27 heavy (non-hydrogen) atoms. The first-order chi connectivity index (χ1) is 13.0. The highest BCUT2D eigenvalue weighted by Gasteiger charge is 2.26. The molecule has 2 aliphatic rings. The van der Waals surface area contributed by atoms with Crippen molar-refractivity contribution in [2.75, 3.05) is 32.7 Å². The zero-order valence-electron chi connectivity index (χ0n) is 15.5. The molecular weight excluding hydrogens is 366 g/mol. The molecule has 2 amide bonds. The van der Waals surface area contributed by atoms with Crippen molar-refractivity contribution < 1.29 is 18.0 Å². The number of benzene rings is 1. The highest BCUT2D eigenvalue weighted by atomic mass is 32.2. The molecular formula is C19H27N3O4S. The van der Waals surface area contributed by atoms with Gasteiger partial charge >= 0.3 is 0 Å². The highest BCUT2D eigenvalue weighted by molar-refractivity contribution is 7.89. The van der Waals surface area contributed by atoms with E-state index in [0.29, 0.717) is 18.7 Å². The number of sulfonamides is 1. The molecule has 0 radical (unpaired) electrons. The number of nitrogens with zero attached hydrogens (tertiary/aromatic N) is 2. The molecule has 0 saturated carbocycles. The van der Waals surface area contributed by atoms with Gasteiger partial charge < -0.3 is 10.2 Å². The number of amides is 2. The monoisotopic (exact) mass is 393 g/mol. The van der Waals surface area contributed by atoms with Crippen LogP contribution in [0.5, 0.6) is 0 Å². The molecule has 0 aromatic heterocycles. The zero-order valence-corrected chi connectivity index (χ0v) is 16.3. The van der Waals surface area contributed by atoms with Crippen molar-refractivity contribution >= 4 is 21.8 Å². The number of hydrogen-bond donors (Lipinski definition) is 1. The van der Waals surface area contributed by atoms with Crippen molar-refractivity contribution in [2.45, 2.75) is 43.4 Å². The van der Waals surface area contributed by atoms with Crippen molar-refractivity contribution in [3.05, 3.63) is 29.8 Å². The normalized spacial score (nSPS) is 18.9. The summed E-state index contributed by atoms with van der Waals surface area (Å²) in [4.78, 5) is 26.3. The first-order valence-corrected chi connectivity index (χ1v) is 11.1. The van der Waals surface area contributed by atoms with E-state index in [4.69, 9.17) is 0 Å². The Bertz CT molecular complexity index is 765. The average molecular weight is 394 g/mol. The van der Waals surface area contributed by atoms with Crippen LogP contribution >= 0.6 is 0 Å². The largest absolute Gasteiger partial charge is 0.343 e. The number of rotatable bonds is 5. The quantitative estimate of drug-likeness (QED) is 0.823. The third-order valence-electron chi connectivity index (χ3n) is 5.18. The Morgan fingerprint density at radius 3 is 2.00 bits per heavy atom. The van der Waals surface area contributed by atoms with Gasteiger partial charge in [-0.25, -0.2) is 8.42 Å². The van der Waals surface area contributed by atoms with Gasteiger partial charge in [0.15, 0.2) is 0 Å². The van der Waals surface area contributed by atoms with E-state index < -0.39 is 10.0 Å². The lowest BCUT2D eigenvalue weighted by Crippen LogP contribution is -2.42. The smallest absolute Gasteiger partial charge is 0.251 e. The van der Waals surface area contributed by atoms with Crippen molar-refractivity contribution in [1.29, 1.82) is 0 Å². The van der Waals surface area contributed by atoms with Crippen LogP contribution in [0.2, 0.25) is 0 Å². The molecule has 148 valence electrons. The van der Waals surface area contributed by atoms with E-state index in [1.165, 1.54) is 28.6 Å². The van der Waals surface area contributed by atoms with Crippen LogP contribution in [0, 0.1) is 0 Å². The number of carbonyl (C=O) groups excluding carboxylic acids is 2. The van der Waals surface area contributed by atoms with Crippen LogP contribution in [-0.4, -0.2) is 62.2 Å². The Labute approximate surface area is 160 Å². The van der Waals surface area contributed by atoms with E-state index >= 15 is 0 Å². The molecule has 0 aliphatic carbocycles. The average Bonchev–Trinajstić information content (AvgIpc) is 2.73. The highest BCUT2D eigenvalue weighted by Crippen LogP contribution is 2.20. The minimum Gasteiger partial charge on any atom is -0.343 e. The second kappa shape index (κ2) is 8.84. The predicted octanol–water partition coefficient (Wildman–Crippen LogP) is 1.60. The van der Waals surface area contributed by atoms with Gasteiger partial charge in [-0.15, -0.1) is 0 Å². The molecule has 1 aromatic rings. The molecule has 2 saturated heterocycles. The Morgan fingerprint density at radius 2 is 1.41 bits per heavy atom. The Morgan fingerprint density at radius 1 is 0.852 bits per heavy atom. The first kappa shape index (κ1) is 19.8. The van der Waals surface area contributed by atoms with Crippen LogP contribution < -0.4 is 5.32 Å². The minimum atomic E-state index is -3.50. The fraction of sp³-hybridized carbons (Fsp3) is 0.579. The molecule has 2 aliphatic heterocycles. The summed E-state index contributed by atoms with van der Waals surface area (Å²) < 4.78 is 26.8. The van der Waals surface area contributed by atoms with E-state index in [0.717, 1.165) is 51.6 Å². The van der Waals surface area contributed by atoms with E-state index in [-0.39, 0.29) is 23.3 Å². The van der Waals surface area contributed by atoms with Gasteiger partial charge in [-0.3, -0.25) is 9.59 Å². The van der Waals surface area contributed by atoms with Crippen LogP contribution in [0.25, 0.3) is 0 Å². The molecule has 2 heterocycles. The summed E-state index contributed by atoms with van der Waals surface area (Å²) in [6, 6.07) is 5.92. The van der Waals surface area contributed by atoms with Gasteiger partial charge in [0.1, 0.15) is 0 Å². The van der Waals surface area contributed by atoms with E-state index in [1.807, 2.05) is 0 Å². The number of piperidine rings is 2. The number of hydrogen-bond acceptors (Lipinski definition) is 4. The summed E-state index contributed by atoms with van der Waals surface area (Å²) in [6.45, 7) is 2.55. The predicted molar refractivity (Wildman–Crippen MR) is 102 cm³/mol. The number of carbonyl (C=O) groups is 2. The van der Waals surface area contributed by atoms with Gasteiger partial charge in [-0.2, -0.15) is 4.31 Å². The molecule has 8 heteroatoms. The lowest BCUT2D eigenvalue weighted by molar-refractivity contribution is -0.130. The molecule has 1 N–H and O–H groups in total. The number of likely N-dealkylation sites (tertiary alicyclic amines) is 1. The lowest BCUT2D eigenvalue weighted by Gasteiger charge is -2.26. The summed E-state index contributed by atoms with van der Waals surface area (Å²) >= 11 is 0. The van der Waals surface area contributed by atoms with Crippen LogP contribution in [0.15, 0.2) is 29.2 Å². The second-order valence-corrected chi connectivity index (χ2v) is 9.05. The molecule has 0 unspecified atom stereocenters. The first-order valence-electron chi connectivity index (χ1n) is 9.65. The van der Waals surface area contributed by atoms with Gasteiger partial charge in [0.25, 0.3) is 5.91 Å². The Balaban J connectivity index is 1.57. The molecule has 1 aromatic carbocycles. The van der Waals surface area contributed by atoms with Crippen LogP contribution in [0.4, 0.5) is 0 Å². The Kier molecular flexibility index (Phi) is 6.49. The fourth-order valence-corrected chi connectivity index (χ4v) is 5.06. The van der Waals surface area contributed by atoms with Gasteiger partial charge in [0, 0.05) is 31.7 Å². The summed E-state index contributed by atoms with van der Waals surface area (Å²) in [5.74, 6) is -0.449. The summed E-state index contributed by atoms with van der Waals surface area (Å²) in [5, 5.41) is 2.63.